The summed E-state index contributed by atoms with van der Waals surface area (Å²) in [6, 6.07) is 24.0. The average molecular weight is 508 g/mol. The second-order valence-electron chi connectivity index (χ2n) is 8.78. The third-order valence-corrected chi connectivity index (χ3v) is 6.63. The first-order valence-corrected chi connectivity index (χ1v) is 12.5. The number of fused-ring (bicyclic) bond motifs is 1. The molecule has 4 aromatic rings. The number of carbonyl (C=O) groups is 1. The molecule has 0 bridgehead atoms. The first-order valence-electron chi connectivity index (χ1n) is 12.5. The zero-order valence-electron chi connectivity index (χ0n) is 21.6. The summed E-state index contributed by atoms with van der Waals surface area (Å²) in [6.07, 6.45) is 0. The third kappa shape index (κ3) is 4.30. The number of nitrogens with zero attached hydrogens (tertiary/aromatic N) is 4. The number of nitrogens with one attached hydrogen (secondary N) is 1. The lowest BCUT2D eigenvalue weighted by molar-refractivity contribution is -0.111. The summed E-state index contributed by atoms with van der Waals surface area (Å²) in [7, 11) is 1.56. The lowest BCUT2D eigenvalue weighted by atomic mass is 9.98. The van der Waals surface area contributed by atoms with Gasteiger partial charge in [-0.1, -0.05) is 30.8 Å². The predicted molar refractivity (Wildman–Crippen MR) is 153 cm³/mol. The van der Waals surface area contributed by atoms with E-state index in [0.717, 1.165) is 18.8 Å². The van der Waals surface area contributed by atoms with Crippen LogP contribution in [0.25, 0.3) is 11.3 Å². The Morgan fingerprint density at radius 1 is 0.921 bits per heavy atom. The number of para-hydroxylation sites is 1. The lowest BCUT2D eigenvalue weighted by Crippen LogP contribution is -2.38. The fourth-order valence-corrected chi connectivity index (χ4v) is 4.64. The van der Waals surface area contributed by atoms with Gasteiger partial charge in [0.1, 0.15) is 17.3 Å². The van der Waals surface area contributed by atoms with Crippen molar-refractivity contribution in [2.45, 2.75) is 13.8 Å². The molecule has 1 aromatic heterocycles. The van der Waals surface area contributed by atoms with E-state index in [2.05, 4.69) is 35.4 Å². The van der Waals surface area contributed by atoms with Crippen LogP contribution in [0.3, 0.4) is 0 Å². The van der Waals surface area contributed by atoms with Gasteiger partial charge >= 0.3 is 0 Å². The van der Waals surface area contributed by atoms with Crippen LogP contribution >= 0.6 is 0 Å². The molecule has 3 aromatic carbocycles. The first kappa shape index (κ1) is 24.8. The number of anilines is 3. The summed E-state index contributed by atoms with van der Waals surface area (Å²) in [4.78, 5) is 36.0. The number of H-pyrrole nitrogens is 1. The first-order chi connectivity index (χ1) is 18.5. The molecule has 1 aliphatic rings. The Bertz CT molecular complexity index is 1580. The van der Waals surface area contributed by atoms with Gasteiger partial charge in [0.2, 0.25) is 0 Å². The van der Waals surface area contributed by atoms with Crippen molar-refractivity contribution in [3.8, 4) is 11.4 Å². The van der Waals surface area contributed by atoms with Gasteiger partial charge in [0.25, 0.3) is 11.5 Å². The Labute approximate surface area is 221 Å². The van der Waals surface area contributed by atoms with E-state index >= 15 is 0 Å². The quantitative estimate of drug-likeness (QED) is 0.359. The highest BCUT2D eigenvalue weighted by molar-refractivity contribution is 6.61. The van der Waals surface area contributed by atoms with Crippen LogP contribution in [0.15, 0.2) is 95.2 Å². The van der Waals surface area contributed by atoms with Crippen LogP contribution in [0.2, 0.25) is 0 Å². The van der Waals surface area contributed by atoms with Crippen LogP contribution < -0.4 is 20.1 Å². The number of aliphatic imine (C=N–C) groups is 1. The fourth-order valence-electron chi connectivity index (χ4n) is 4.64. The van der Waals surface area contributed by atoms with Gasteiger partial charge in [-0.2, -0.15) is 0 Å². The predicted octanol–water partition coefficient (Wildman–Crippen LogP) is 5.48. The number of aromatic amines is 1. The summed E-state index contributed by atoms with van der Waals surface area (Å²) < 4.78 is 6.81. The van der Waals surface area contributed by atoms with Crippen molar-refractivity contribution in [2.75, 3.05) is 30.0 Å². The smallest absolute Gasteiger partial charge is 0.283 e. The van der Waals surface area contributed by atoms with Gasteiger partial charge in [-0.25, -0.2) is 9.67 Å². The number of hydrogen-bond acceptors (Lipinski definition) is 5. The van der Waals surface area contributed by atoms with E-state index in [1.165, 1.54) is 9.58 Å². The molecule has 2 heterocycles. The topological polar surface area (TPSA) is 82.9 Å². The van der Waals surface area contributed by atoms with E-state index < -0.39 is 5.91 Å². The fraction of sp³-hybridized carbons (Fsp3) is 0.167. The van der Waals surface area contributed by atoms with Gasteiger partial charge in [0.05, 0.1) is 29.7 Å². The molecule has 0 radical (unpaired) electrons. The number of methoxy groups -OCH3 is 1. The summed E-state index contributed by atoms with van der Waals surface area (Å²) in [5, 5.41) is 3.13. The number of carbonyl (C=O) groups excluding carboxylic acids is 1. The number of aromatic nitrogens is 2. The SMILES string of the molecule is C=C1C(=Nc2ccc(N(CC)CC)cc2)C(=O)N(c2cccc(OC)c2)c2[nH]n(-c3ccccc3)c(=O)c21. The van der Waals surface area contributed by atoms with E-state index in [0.29, 0.717) is 28.6 Å². The molecule has 5 rings (SSSR count). The van der Waals surface area contributed by atoms with Crippen LogP contribution in [0.4, 0.5) is 22.9 Å². The van der Waals surface area contributed by atoms with Gasteiger partial charge < -0.3 is 9.64 Å². The van der Waals surface area contributed by atoms with Gasteiger partial charge in [-0.05, 0) is 62.4 Å². The number of ether oxygens (including phenoxy) is 1. The van der Waals surface area contributed by atoms with Crippen LogP contribution in [-0.2, 0) is 4.79 Å². The molecule has 0 aliphatic carbocycles. The minimum Gasteiger partial charge on any atom is -0.497 e. The molecule has 1 N–H and O–H groups in total. The maximum absolute atomic E-state index is 14.0. The highest BCUT2D eigenvalue weighted by Gasteiger charge is 2.38. The molecule has 38 heavy (non-hydrogen) atoms. The average Bonchev–Trinajstić information content (AvgIpc) is 3.29. The van der Waals surface area contributed by atoms with E-state index in [1.807, 2.05) is 54.6 Å². The van der Waals surface area contributed by atoms with Crippen LogP contribution in [0.5, 0.6) is 5.75 Å². The minimum atomic E-state index is -0.398. The van der Waals surface area contributed by atoms with Crippen LogP contribution in [-0.4, -0.2) is 41.6 Å². The maximum Gasteiger partial charge on any atom is 0.283 e. The maximum atomic E-state index is 14.0. The molecular formula is C30H29N5O3. The number of benzene rings is 3. The monoisotopic (exact) mass is 507 g/mol. The summed E-state index contributed by atoms with van der Waals surface area (Å²) in [5.41, 5.74) is 3.19. The van der Waals surface area contributed by atoms with Gasteiger partial charge in [-0.15, -0.1) is 0 Å². The normalized spacial score (nSPS) is 14.1. The molecular weight excluding hydrogens is 478 g/mol. The van der Waals surface area contributed by atoms with E-state index in [4.69, 9.17) is 4.74 Å². The van der Waals surface area contributed by atoms with Crippen LogP contribution in [0, 0.1) is 0 Å². The Morgan fingerprint density at radius 2 is 1.61 bits per heavy atom. The van der Waals surface area contributed by atoms with Gasteiger partial charge in [-0.3, -0.25) is 19.6 Å². The number of hydrogen-bond donors (Lipinski definition) is 1. The number of amides is 1. The molecule has 0 saturated carbocycles. The molecule has 0 fully saturated rings. The standard InChI is InChI=1S/C30H29N5O3/c1-5-33(6-2)22-17-15-21(16-18-22)31-27-20(3)26-28(32-35(29(26)36)23-11-8-7-9-12-23)34(30(27)37)24-13-10-14-25(19-24)38-4/h7-19,32H,3,5-6H2,1-2,4H3. The third-order valence-electron chi connectivity index (χ3n) is 6.63. The summed E-state index contributed by atoms with van der Waals surface area (Å²) in [5.74, 6) is 0.513. The molecule has 1 aliphatic heterocycles. The van der Waals surface area contributed by atoms with Gasteiger partial charge in [0, 0.05) is 30.4 Å². The minimum absolute atomic E-state index is 0.104. The Balaban J connectivity index is 1.67. The molecule has 1 amide bonds. The lowest BCUT2D eigenvalue weighted by Gasteiger charge is -2.28. The largest absolute Gasteiger partial charge is 0.497 e. The second kappa shape index (κ2) is 10.3. The zero-order valence-corrected chi connectivity index (χ0v) is 21.6. The second-order valence-corrected chi connectivity index (χ2v) is 8.78. The van der Waals surface area contributed by atoms with E-state index in [9.17, 15) is 9.59 Å². The molecule has 8 heteroatoms. The van der Waals surface area contributed by atoms with Crippen molar-refractivity contribution in [1.82, 2.24) is 9.78 Å². The van der Waals surface area contributed by atoms with E-state index in [1.54, 1.807) is 31.4 Å². The summed E-state index contributed by atoms with van der Waals surface area (Å²) >= 11 is 0. The molecule has 192 valence electrons. The molecule has 0 unspecified atom stereocenters. The zero-order chi connectivity index (χ0) is 26.8. The van der Waals surface area contributed by atoms with Crippen molar-refractivity contribution >= 4 is 40.1 Å². The van der Waals surface area contributed by atoms with E-state index in [-0.39, 0.29) is 22.4 Å². The van der Waals surface area contributed by atoms with Crippen molar-refractivity contribution in [3.63, 3.8) is 0 Å². The van der Waals surface area contributed by atoms with Gasteiger partial charge in [0.15, 0.2) is 0 Å². The van der Waals surface area contributed by atoms with Crippen molar-refractivity contribution in [2.24, 2.45) is 4.99 Å². The molecule has 8 nitrogen and oxygen atoms in total. The summed E-state index contributed by atoms with van der Waals surface area (Å²) in [6.45, 7) is 10.1. The molecule has 0 spiro atoms. The highest BCUT2D eigenvalue weighted by Crippen LogP contribution is 2.37. The van der Waals surface area contributed by atoms with Crippen molar-refractivity contribution in [3.05, 3.63) is 101 Å². The Kier molecular flexibility index (Phi) is 6.70. The van der Waals surface area contributed by atoms with Crippen molar-refractivity contribution in [1.29, 1.82) is 0 Å². The number of rotatable bonds is 7. The Morgan fingerprint density at radius 3 is 2.26 bits per heavy atom. The highest BCUT2D eigenvalue weighted by atomic mass is 16.5. The molecule has 0 atom stereocenters. The van der Waals surface area contributed by atoms with Crippen LogP contribution in [0.1, 0.15) is 19.4 Å². The molecule has 0 saturated heterocycles. The Hall–Kier alpha value is -4.85. The van der Waals surface area contributed by atoms with Crippen molar-refractivity contribution < 1.29 is 9.53 Å².